The fourth-order valence-corrected chi connectivity index (χ4v) is 5.02. The molecule has 0 radical (unpaired) electrons. The maximum Gasteiger partial charge on any atom is 0.191 e. The minimum Gasteiger partial charge on any atom is -0.354 e. The lowest BCUT2D eigenvalue weighted by Gasteiger charge is -2.36. The van der Waals surface area contributed by atoms with Gasteiger partial charge in [-0.05, 0) is 43.3 Å². The summed E-state index contributed by atoms with van der Waals surface area (Å²) in [6.07, 6.45) is 2.57. The Kier molecular flexibility index (Phi) is 7.70. The van der Waals surface area contributed by atoms with Crippen molar-refractivity contribution in [2.45, 2.75) is 32.4 Å². The van der Waals surface area contributed by atoms with Crippen LogP contribution in [0.3, 0.4) is 0 Å². The summed E-state index contributed by atoms with van der Waals surface area (Å²) in [6, 6.07) is 4.80. The minimum atomic E-state index is 0.394. The van der Waals surface area contributed by atoms with E-state index in [0.29, 0.717) is 12.6 Å². The number of thiophene rings is 1. The Morgan fingerprint density at radius 3 is 2.71 bits per heavy atom. The van der Waals surface area contributed by atoms with Crippen molar-refractivity contribution in [1.82, 2.24) is 20.5 Å². The molecule has 0 saturated carbocycles. The van der Waals surface area contributed by atoms with E-state index >= 15 is 0 Å². The molecule has 1 saturated heterocycles. The third kappa shape index (κ3) is 5.68. The van der Waals surface area contributed by atoms with E-state index in [4.69, 9.17) is 0 Å². The van der Waals surface area contributed by atoms with Gasteiger partial charge in [-0.2, -0.15) is 0 Å². The third-order valence-electron chi connectivity index (χ3n) is 5.18. The number of nitrogens with one attached hydrogen (secondary N) is 2. The van der Waals surface area contributed by atoms with Gasteiger partial charge in [0.15, 0.2) is 11.1 Å². The van der Waals surface area contributed by atoms with Crippen LogP contribution in [0.15, 0.2) is 27.9 Å². The predicted octanol–water partition coefficient (Wildman–Crippen LogP) is 3.41. The van der Waals surface area contributed by atoms with E-state index < -0.39 is 0 Å². The highest BCUT2D eigenvalue weighted by atomic mass is 32.1. The lowest BCUT2D eigenvalue weighted by Crippen LogP contribution is -2.44. The molecule has 0 aliphatic carbocycles. The Bertz CT molecular complexity index is 732. The number of thiazole rings is 1. The van der Waals surface area contributed by atoms with Crippen LogP contribution in [0.25, 0.3) is 0 Å². The van der Waals surface area contributed by atoms with Crippen molar-refractivity contribution < 1.29 is 0 Å². The number of hydrogen-bond donors (Lipinski definition) is 2. The van der Waals surface area contributed by atoms with E-state index in [1.54, 1.807) is 11.3 Å². The van der Waals surface area contributed by atoms with E-state index in [2.05, 4.69) is 55.3 Å². The number of nitrogens with zero attached hydrogens (tertiary/aromatic N) is 4. The Balaban J connectivity index is 1.56. The Labute approximate surface area is 176 Å². The molecule has 1 aliphatic heterocycles. The summed E-state index contributed by atoms with van der Waals surface area (Å²) in [7, 11) is 5.86. The van der Waals surface area contributed by atoms with Crippen LogP contribution in [0.1, 0.15) is 36.4 Å². The molecule has 1 atom stereocenters. The lowest BCUT2D eigenvalue weighted by molar-refractivity contribution is 0.140. The number of piperidine rings is 1. The zero-order chi connectivity index (χ0) is 19.9. The molecule has 0 aromatic carbocycles. The van der Waals surface area contributed by atoms with Crippen molar-refractivity contribution in [2.75, 3.05) is 45.7 Å². The molecule has 0 bridgehead atoms. The molecule has 1 unspecified atom stereocenters. The monoisotopic (exact) mass is 420 g/mol. The van der Waals surface area contributed by atoms with Gasteiger partial charge in [0.25, 0.3) is 0 Å². The fourth-order valence-electron chi connectivity index (χ4n) is 3.40. The van der Waals surface area contributed by atoms with Gasteiger partial charge in [0.2, 0.25) is 0 Å². The molecule has 2 aromatic heterocycles. The summed E-state index contributed by atoms with van der Waals surface area (Å²) < 4.78 is 0. The molecular formula is C20H32N6S2. The zero-order valence-corrected chi connectivity index (χ0v) is 18.9. The maximum absolute atomic E-state index is 4.63. The number of likely N-dealkylation sites (tertiary alicyclic amines) is 1. The average molecular weight is 421 g/mol. The van der Waals surface area contributed by atoms with E-state index in [0.717, 1.165) is 29.2 Å². The van der Waals surface area contributed by atoms with Gasteiger partial charge in [0.05, 0.1) is 18.3 Å². The molecular weight excluding hydrogens is 388 g/mol. The Morgan fingerprint density at radius 1 is 1.32 bits per heavy atom. The van der Waals surface area contributed by atoms with E-state index in [1.165, 1.54) is 30.8 Å². The number of rotatable bonds is 7. The normalized spacial score (nSPS) is 17.5. The quantitative estimate of drug-likeness (QED) is 0.531. The van der Waals surface area contributed by atoms with Crippen molar-refractivity contribution in [3.05, 3.63) is 33.5 Å². The van der Waals surface area contributed by atoms with Crippen LogP contribution in [0.4, 0.5) is 5.13 Å². The first kappa shape index (κ1) is 21.1. The summed E-state index contributed by atoms with van der Waals surface area (Å²) in [4.78, 5) is 15.1. The molecule has 2 aromatic rings. The second-order valence-corrected chi connectivity index (χ2v) is 9.39. The SMILES string of the molecule is CN=C(NCc1csc(N(C)C)n1)NCC(c1cccs1)N1CCC(C)CC1. The molecule has 0 spiro atoms. The molecule has 1 aliphatic rings. The summed E-state index contributed by atoms with van der Waals surface area (Å²) in [5.41, 5.74) is 1.04. The summed E-state index contributed by atoms with van der Waals surface area (Å²) in [5, 5.41) is 12.2. The van der Waals surface area contributed by atoms with Gasteiger partial charge >= 0.3 is 0 Å². The average Bonchev–Trinajstić information content (AvgIpc) is 3.38. The van der Waals surface area contributed by atoms with Crippen LogP contribution < -0.4 is 15.5 Å². The molecule has 6 nitrogen and oxygen atoms in total. The molecule has 3 rings (SSSR count). The van der Waals surface area contributed by atoms with E-state index in [-0.39, 0.29) is 0 Å². The standard InChI is InChI=1S/C20H32N6S2/c1-15-7-9-26(10-8-15)17(18-6-5-11-27-18)13-23-19(21-2)22-12-16-14-28-20(24-16)25(3)4/h5-6,11,14-15,17H,7-10,12-13H2,1-4H3,(H2,21,22,23). The lowest BCUT2D eigenvalue weighted by atomic mass is 9.97. The third-order valence-corrected chi connectivity index (χ3v) is 7.21. The fraction of sp³-hybridized carbons (Fsp3) is 0.600. The van der Waals surface area contributed by atoms with Crippen molar-refractivity contribution in [2.24, 2.45) is 10.9 Å². The van der Waals surface area contributed by atoms with Crippen molar-refractivity contribution >= 4 is 33.8 Å². The number of hydrogen-bond acceptors (Lipinski definition) is 6. The number of anilines is 1. The van der Waals surface area contributed by atoms with Crippen molar-refractivity contribution in [3.8, 4) is 0 Å². The van der Waals surface area contributed by atoms with Crippen LogP contribution in [0.2, 0.25) is 0 Å². The molecule has 2 N–H and O–H groups in total. The summed E-state index contributed by atoms with van der Waals surface area (Å²) >= 11 is 3.51. The number of aromatic nitrogens is 1. The topological polar surface area (TPSA) is 55.8 Å². The van der Waals surface area contributed by atoms with Gasteiger partial charge in [-0.1, -0.05) is 13.0 Å². The zero-order valence-electron chi connectivity index (χ0n) is 17.3. The molecule has 1 fully saturated rings. The summed E-state index contributed by atoms with van der Waals surface area (Å²) in [6.45, 7) is 6.23. The van der Waals surface area contributed by atoms with Gasteiger partial charge in [-0.3, -0.25) is 9.89 Å². The predicted molar refractivity (Wildman–Crippen MR) is 122 cm³/mol. The molecule has 28 heavy (non-hydrogen) atoms. The Hall–Kier alpha value is -1.64. The number of guanidine groups is 1. The van der Waals surface area contributed by atoms with Crippen LogP contribution in [-0.2, 0) is 6.54 Å². The van der Waals surface area contributed by atoms with Crippen LogP contribution in [0, 0.1) is 5.92 Å². The number of aliphatic imine (C=N–C) groups is 1. The van der Waals surface area contributed by atoms with E-state index in [1.807, 2.05) is 37.4 Å². The highest BCUT2D eigenvalue weighted by Gasteiger charge is 2.25. The second kappa shape index (κ2) is 10.2. The van der Waals surface area contributed by atoms with Gasteiger partial charge in [0.1, 0.15) is 0 Å². The highest BCUT2D eigenvalue weighted by molar-refractivity contribution is 7.13. The Morgan fingerprint density at radius 2 is 2.11 bits per heavy atom. The van der Waals surface area contributed by atoms with Crippen molar-refractivity contribution in [3.63, 3.8) is 0 Å². The largest absolute Gasteiger partial charge is 0.354 e. The molecule has 8 heteroatoms. The van der Waals surface area contributed by atoms with Gasteiger partial charge < -0.3 is 15.5 Å². The summed E-state index contributed by atoms with van der Waals surface area (Å²) in [5.74, 6) is 1.67. The maximum atomic E-state index is 4.63. The molecule has 154 valence electrons. The first-order chi connectivity index (χ1) is 13.6. The van der Waals surface area contributed by atoms with Crippen LogP contribution in [0.5, 0.6) is 0 Å². The molecule has 0 amide bonds. The smallest absolute Gasteiger partial charge is 0.191 e. The van der Waals surface area contributed by atoms with E-state index in [9.17, 15) is 0 Å². The highest BCUT2D eigenvalue weighted by Crippen LogP contribution is 2.29. The van der Waals surface area contributed by atoms with Gasteiger partial charge in [-0.15, -0.1) is 22.7 Å². The first-order valence-electron chi connectivity index (χ1n) is 9.90. The second-order valence-electron chi connectivity index (χ2n) is 7.57. The first-order valence-corrected chi connectivity index (χ1v) is 11.7. The van der Waals surface area contributed by atoms with Gasteiger partial charge in [0, 0.05) is 37.9 Å². The van der Waals surface area contributed by atoms with Crippen LogP contribution in [-0.4, -0.2) is 56.6 Å². The van der Waals surface area contributed by atoms with Crippen molar-refractivity contribution in [1.29, 1.82) is 0 Å². The minimum absolute atomic E-state index is 0.394. The van der Waals surface area contributed by atoms with Crippen LogP contribution >= 0.6 is 22.7 Å². The molecule has 3 heterocycles. The van der Waals surface area contributed by atoms with Gasteiger partial charge in [-0.25, -0.2) is 4.98 Å².